The molecule has 35 heavy (non-hydrogen) atoms. The summed E-state index contributed by atoms with van der Waals surface area (Å²) in [5.74, 6) is -0.939. The first-order valence-electron chi connectivity index (χ1n) is 11.9. The van der Waals surface area contributed by atoms with Crippen LogP contribution in [0.5, 0.6) is 0 Å². The Morgan fingerprint density at radius 3 is 2.54 bits per heavy atom. The van der Waals surface area contributed by atoms with Gasteiger partial charge < -0.3 is 15.0 Å². The molecule has 0 spiro atoms. The summed E-state index contributed by atoms with van der Waals surface area (Å²) in [6.07, 6.45) is 0.923. The first-order chi connectivity index (χ1) is 16.9. The van der Waals surface area contributed by atoms with Gasteiger partial charge in [0.05, 0.1) is 18.8 Å². The number of hydrogen-bond donors (Lipinski definition) is 1. The van der Waals surface area contributed by atoms with Gasteiger partial charge in [-0.15, -0.1) is 5.10 Å². The number of likely N-dealkylation sites (tertiary alicyclic amines) is 1. The molecule has 5 rings (SSSR count). The van der Waals surface area contributed by atoms with Crippen molar-refractivity contribution in [2.45, 2.75) is 45.9 Å². The van der Waals surface area contributed by atoms with Crippen molar-refractivity contribution >= 4 is 17.5 Å². The number of hydrogen-bond acceptors (Lipinski definition) is 5. The summed E-state index contributed by atoms with van der Waals surface area (Å²) in [5, 5.41) is 11.2. The Labute approximate surface area is 203 Å². The Hall–Kier alpha value is -3.59. The van der Waals surface area contributed by atoms with Crippen molar-refractivity contribution in [2.75, 3.05) is 18.4 Å². The summed E-state index contributed by atoms with van der Waals surface area (Å²) in [6.45, 7) is 5.37. The van der Waals surface area contributed by atoms with Crippen molar-refractivity contribution in [1.82, 2.24) is 19.9 Å². The molecule has 1 fully saturated rings. The zero-order valence-corrected chi connectivity index (χ0v) is 19.8. The normalized spacial score (nSPS) is 18.3. The van der Waals surface area contributed by atoms with Gasteiger partial charge in [-0.1, -0.05) is 41.1 Å². The number of amides is 2. The Morgan fingerprint density at radius 2 is 1.83 bits per heavy atom. The van der Waals surface area contributed by atoms with Crippen LogP contribution in [0.25, 0.3) is 0 Å². The number of carbonyl (C=O) groups is 2. The monoisotopic (exact) mass is 477 g/mol. The number of nitrogens with one attached hydrogen (secondary N) is 1. The molecule has 1 saturated heterocycles. The maximum absolute atomic E-state index is 13.8. The first-order valence-corrected chi connectivity index (χ1v) is 11.9. The molecule has 8 nitrogen and oxygen atoms in total. The molecule has 182 valence electrons. The van der Waals surface area contributed by atoms with Gasteiger partial charge in [-0.3, -0.25) is 9.59 Å². The lowest BCUT2D eigenvalue weighted by Gasteiger charge is -2.31. The second kappa shape index (κ2) is 9.58. The van der Waals surface area contributed by atoms with Crippen LogP contribution in [0, 0.1) is 25.6 Å². The Kier molecular flexibility index (Phi) is 6.34. The van der Waals surface area contributed by atoms with E-state index in [0.717, 1.165) is 5.56 Å². The van der Waals surface area contributed by atoms with Gasteiger partial charge in [-0.2, -0.15) is 0 Å². The van der Waals surface area contributed by atoms with Crippen LogP contribution in [0.3, 0.4) is 0 Å². The number of fused-ring (bicyclic) bond motifs is 1. The number of halogens is 1. The van der Waals surface area contributed by atoms with Gasteiger partial charge in [0.25, 0.3) is 5.91 Å². The number of carbonyl (C=O) groups excluding carboxylic acids is 2. The van der Waals surface area contributed by atoms with E-state index in [1.165, 1.54) is 11.6 Å². The molecule has 1 atom stereocenters. The van der Waals surface area contributed by atoms with Crippen LogP contribution in [0.15, 0.2) is 42.5 Å². The highest BCUT2D eigenvalue weighted by Crippen LogP contribution is 2.28. The van der Waals surface area contributed by atoms with Gasteiger partial charge in [0.15, 0.2) is 5.69 Å². The number of benzene rings is 2. The van der Waals surface area contributed by atoms with Crippen molar-refractivity contribution < 1.29 is 18.7 Å². The predicted octanol–water partition coefficient (Wildman–Crippen LogP) is 3.80. The summed E-state index contributed by atoms with van der Waals surface area (Å²) >= 11 is 0. The standard InChI is InChI=1S/C26H28FN5O3/c1-16-3-6-18(7-4-16)23-14-32-22(15-35-23)24(29-30-32)26(34)31-11-9-19(10-12-31)25(33)28-20-8-5-17(2)21(27)13-20/h3-8,13,19,23H,9-12,14-15H2,1-2H3,(H,28,33)/t23-/m0/s1. The maximum atomic E-state index is 13.8. The first kappa shape index (κ1) is 23.2. The molecule has 0 aliphatic carbocycles. The van der Waals surface area contributed by atoms with Crippen LogP contribution in [0.2, 0.25) is 0 Å². The molecule has 2 aliphatic rings. The lowest BCUT2D eigenvalue weighted by atomic mass is 9.95. The molecule has 9 heteroatoms. The molecular weight excluding hydrogens is 449 g/mol. The minimum absolute atomic E-state index is 0.135. The molecule has 2 aromatic carbocycles. The molecule has 0 radical (unpaired) electrons. The topological polar surface area (TPSA) is 89.4 Å². The molecule has 2 aliphatic heterocycles. The van der Waals surface area contributed by atoms with E-state index in [4.69, 9.17) is 4.74 Å². The molecule has 0 saturated carbocycles. The largest absolute Gasteiger partial charge is 0.365 e. The van der Waals surface area contributed by atoms with Crippen molar-refractivity contribution in [1.29, 1.82) is 0 Å². The van der Waals surface area contributed by atoms with Crippen LogP contribution in [-0.4, -0.2) is 44.8 Å². The van der Waals surface area contributed by atoms with Gasteiger partial charge in [0.2, 0.25) is 5.91 Å². The summed E-state index contributed by atoms with van der Waals surface area (Å²) in [4.78, 5) is 27.5. The third kappa shape index (κ3) is 4.81. The van der Waals surface area contributed by atoms with E-state index in [1.807, 2.05) is 31.2 Å². The lowest BCUT2D eigenvalue weighted by Crippen LogP contribution is -2.42. The molecule has 2 amide bonds. The van der Waals surface area contributed by atoms with Crippen molar-refractivity contribution in [3.05, 3.63) is 76.4 Å². The van der Waals surface area contributed by atoms with Gasteiger partial charge in [0.1, 0.15) is 11.9 Å². The summed E-state index contributed by atoms with van der Waals surface area (Å²) in [5.41, 5.74) is 4.21. The number of ether oxygens (including phenoxy) is 1. The SMILES string of the molecule is Cc1ccc([C@@H]2Cn3nnc(C(=O)N4CCC(C(=O)Nc5ccc(C)c(F)c5)CC4)c3CO2)cc1. The second-order valence-electron chi connectivity index (χ2n) is 9.30. The highest BCUT2D eigenvalue weighted by molar-refractivity contribution is 5.94. The van der Waals surface area contributed by atoms with Crippen LogP contribution in [0.1, 0.15) is 51.8 Å². The fourth-order valence-corrected chi connectivity index (χ4v) is 4.57. The van der Waals surface area contributed by atoms with Crippen molar-refractivity contribution in [3.63, 3.8) is 0 Å². The van der Waals surface area contributed by atoms with Gasteiger partial charge in [-0.05, 0) is 49.9 Å². The zero-order chi connectivity index (χ0) is 24.5. The van der Waals surface area contributed by atoms with Crippen LogP contribution >= 0.6 is 0 Å². The fourth-order valence-electron chi connectivity index (χ4n) is 4.57. The van der Waals surface area contributed by atoms with E-state index >= 15 is 0 Å². The van der Waals surface area contributed by atoms with Crippen LogP contribution in [-0.2, 0) is 22.7 Å². The molecule has 1 N–H and O–H groups in total. The van der Waals surface area contributed by atoms with Gasteiger partial charge >= 0.3 is 0 Å². The quantitative estimate of drug-likeness (QED) is 0.618. The molecule has 3 heterocycles. The van der Waals surface area contributed by atoms with Gasteiger partial charge in [0, 0.05) is 24.7 Å². The van der Waals surface area contributed by atoms with E-state index in [2.05, 4.69) is 15.6 Å². The fraction of sp³-hybridized carbons (Fsp3) is 0.385. The Balaban J connectivity index is 1.18. The number of aromatic nitrogens is 3. The van der Waals surface area contributed by atoms with E-state index in [1.54, 1.807) is 28.6 Å². The third-order valence-electron chi connectivity index (χ3n) is 6.84. The van der Waals surface area contributed by atoms with E-state index in [-0.39, 0.29) is 36.3 Å². The second-order valence-corrected chi connectivity index (χ2v) is 9.30. The zero-order valence-electron chi connectivity index (χ0n) is 19.8. The molecular formula is C26H28FN5O3. The average molecular weight is 478 g/mol. The Bertz CT molecular complexity index is 1250. The molecule has 0 bridgehead atoms. The van der Waals surface area contributed by atoms with Crippen LogP contribution < -0.4 is 5.32 Å². The number of anilines is 1. The predicted molar refractivity (Wildman–Crippen MR) is 127 cm³/mol. The summed E-state index contributed by atoms with van der Waals surface area (Å²) in [6, 6.07) is 12.8. The van der Waals surface area contributed by atoms with E-state index < -0.39 is 0 Å². The molecule has 1 aromatic heterocycles. The van der Waals surface area contributed by atoms with Crippen molar-refractivity contribution in [3.8, 4) is 0 Å². The average Bonchev–Trinajstić information content (AvgIpc) is 3.29. The Morgan fingerprint density at radius 1 is 1.09 bits per heavy atom. The van der Waals surface area contributed by atoms with Crippen molar-refractivity contribution in [2.24, 2.45) is 5.92 Å². The number of aryl methyl sites for hydroxylation is 2. The molecule has 0 unspecified atom stereocenters. The smallest absolute Gasteiger partial charge is 0.276 e. The van der Waals surface area contributed by atoms with Gasteiger partial charge in [-0.25, -0.2) is 9.07 Å². The highest BCUT2D eigenvalue weighted by Gasteiger charge is 2.33. The van der Waals surface area contributed by atoms with Crippen LogP contribution in [0.4, 0.5) is 10.1 Å². The highest BCUT2D eigenvalue weighted by atomic mass is 19.1. The number of nitrogens with zero attached hydrogens (tertiary/aromatic N) is 4. The lowest BCUT2D eigenvalue weighted by molar-refractivity contribution is -0.121. The molecule has 3 aromatic rings. The van der Waals surface area contributed by atoms with E-state index in [0.29, 0.717) is 55.1 Å². The third-order valence-corrected chi connectivity index (χ3v) is 6.84. The maximum Gasteiger partial charge on any atom is 0.276 e. The van der Waals surface area contributed by atoms with E-state index in [9.17, 15) is 14.0 Å². The number of piperidine rings is 1. The number of rotatable bonds is 4. The summed E-state index contributed by atoms with van der Waals surface area (Å²) in [7, 11) is 0. The minimum atomic E-state index is -0.352. The minimum Gasteiger partial charge on any atom is -0.365 e. The summed E-state index contributed by atoms with van der Waals surface area (Å²) < 4.78 is 21.6.